The normalized spacial score (nSPS) is 15.7. The number of rotatable bonds is 4. The number of hydrogen-bond acceptors (Lipinski definition) is 4. The van der Waals surface area contributed by atoms with Crippen LogP contribution in [0.3, 0.4) is 0 Å². The minimum Gasteiger partial charge on any atom is -0.463 e. The molecule has 1 aromatic carbocycles. The van der Waals surface area contributed by atoms with Crippen LogP contribution in [0.1, 0.15) is 12.5 Å². The molecule has 19 heavy (non-hydrogen) atoms. The fourth-order valence-corrected chi connectivity index (χ4v) is 2.07. The molecule has 1 saturated heterocycles. The van der Waals surface area contributed by atoms with Crippen LogP contribution in [0.5, 0.6) is 0 Å². The number of para-hydroxylation sites is 1. The van der Waals surface area contributed by atoms with Gasteiger partial charge in [-0.25, -0.2) is 4.79 Å². The molecule has 4 nitrogen and oxygen atoms in total. The SMILES string of the molecule is CCOC(=O)C=Cc1ccccc1N1CCOCC1. The maximum absolute atomic E-state index is 11.4. The second-order valence-electron chi connectivity index (χ2n) is 4.24. The van der Waals surface area contributed by atoms with Crippen LogP contribution in [-0.2, 0) is 14.3 Å². The van der Waals surface area contributed by atoms with Crippen molar-refractivity contribution in [1.82, 2.24) is 0 Å². The van der Waals surface area contributed by atoms with E-state index in [1.54, 1.807) is 6.92 Å². The highest BCUT2D eigenvalue weighted by Gasteiger charge is 2.13. The molecule has 0 N–H and O–H groups in total. The summed E-state index contributed by atoms with van der Waals surface area (Å²) in [4.78, 5) is 13.6. The Morgan fingerprint density at radius 3 is 2.84 bits per heavy atom. The fraction of sp³-hybridized carbons (Fsp3) is 0.400. The third kappa shape index (κ3) is 3.83. The van der Waals surface area contributed by atoms with Gasteiger partial charge in [-0.2, -0.15) is 0 Å². The molecule has 0 radical (unpaired) electrons. The van der Waals surface area contributed by atoms with Crippen LogP contribution in [-0.4, -0.2) is 38.9 Å². The summed E-state index contributed by atoms with van der Waals surface area (Å²) in [5.41, 5.74) is 2.16. The van der Waals surface area contributed by atoms with E-state index >= 15 is 0 Å². The van der Waals surface area contributed by atoms with Crippen LogP contribution in [0.2, 0.25) is 0 Å². The van der Waals surface area contributed by atoms with Crippen molar-refractivity contribution in [1.29, 1.82) is 0 Å². The molecule has 0 aromatic heterocycles. The van der Waals surface area contributed by atoms with Gasteiger partial charge in [0.25, 0.3) is 0 Å². The number of carbonyl (C=O) groups is 1. The van der Waals surface area contributed by atoms with Crippen molar-refractivity contribution in [2.75, 3.05) is 37.8 Å². The van der Waals surface area contributed by atoms with E-state index in [4.69, 9.17) is 9.47 Å². The molecule has 1 aliphatic rings. The quantitative estimate of drug-likeness (QED) is 0.614. The van der Waals surface area contributed by atoms with Crippen molar-refractivity contribution in [3.63, 3.8) is 0 Å². The monoisotopic (exact) mass is 261 g/mol. The lowest BCUT2D eigenvalue weighted by molar-refractivity contribution is -0.137. The van der Waals surface area contributed by atoms with Crippen LogP contribution < -0.4 is 4.90 Å². The summed E-state index contributed by atoms with van der Waals surface area (Å²) < 4.78 is 10.2. The van der Waals surface area contributed by atoms with Gasteiger partial charge in [0.05, 0.1) is 19.8 Å². The van der Waals surface area contributed by atoms with Crippen LogP contribution in [0.15, 0.2) is 30.3 Å². The molecule has 0 spiro atoms. The predicted octanol–water partition coefficient (Wildman–Crippen LogP) is 2.10. The molecule has 1 aliphatic heterocycles. The first kappa shape index (κ1) is 13.6. The first-order valence-corrected chi connectivity index (χ1v) is 6.58. The van der Waals surface area contributed by atoms with Crippen molar-refractivity contribution in [2.45, 2.75) is 6.92 Å². The molecular weight excluding hydrogens is 242 g/mol. The molecular formula is C15H19NO3. The van der Waals surface area contributed by atoms with Crippen molar-refractivity contribution in [2.24, 2.45) is 0 Å². The average Bonchev–Trinajstić information content (AvgIpc) is 2.47. The highest BCUT2D eigenvalue weighted by atomic mass is 16.5. The highest BCUT2D eigenvalue weighted by molar-refractivity contribution is 5.88. The molecule has 0 saturated carbocycles. The maximum Gasteiger partial charge on any atom is 0.330 e. The molecule has 0 aliphatic carbocycles. The molecule has 102 valence electrons. The number of morpholine rings is 1. The largest absolute Gasteiger partial charge is 0.463 e. The molecule has 2 rings (SSSR count). The molecule has 0 unspecified atom stereocenters. The van der Waals surface area contributed by atoms with Gasteiger partial charge in [0.15, 0.2) is 0 Å². The number of hydrogen-bond donors (Lipinski definition) is 0. The van der Waals surface area contributed by atoms with Crippen LogP contribution in [0.4, 0.5) is 5.69 Å². The summed E-state index contributed by atoms with van der Waals surface area (Å²) in [5.74, 6) is -0.306. The van der Waals surface area contributed by atoms with Crippen molar-refractivity contribution in [3.8, 4) is 0 Å². The topological polar surface area (TPSA) is 38.8 Å². The second kappa shape index (κ2) is 6.95. The van der Waals surface area contributed by atoms with E-state index in [2.05, 4.69) is 11.0 Å². The zero-order valence-electron chi connectivity index (χ0n) is 11.2. The molecule has 0 atom stereocenters. The first-order valence-electron chi connectivity index (χ1n) is 6.58. The van der Waals surface area contributed by atoms with Gasteiger partial charge in [0.1, 0.15) is 0 Å². The molecule has 0 bridgehead atoms. The Labute approximate surface area is 113 Å². The molecule has 1 heterocycles. The van der Waals surface area contributed by atoms with E-state index in [1.807, 2.05) is 24.3 Å². The Morgan fingerprint density at radius 2 is 2.11 bits per heavy atom. The van der Waals surface area contributed by atoms with Gasteiger partial charge in [-0.05, 0) is 24.6 Å². The van der Waals surface area contributed by atoms with Crippen LogP contribution in [0, 0.1) is 0 Å². The molecule has 4 heteroatoms. The second-order valence-corrected chi connectivity index (χ2v) is 4.24. The highest BCUT2D eigenvalue weighted by Crippen LogP contribution is 2.22. The minimum atomic E-state index is -0.306. The summed E-state index contributed by atoms with van der Waals surface area (Å²) in [5, 5.41) is 0. The standard InChI is InChI=1S/C15H19NO3/c1-2-19-15(17)8-7-13-5-3-4-6-14(13)16-9-11-18-12-10-16/h3-8H,2,9-12H2,1H3. The predicted molar refractivity (Wildman–Crippen MR) is 75.1 cm³/mol. The van der Waals surface area contributed by atoms with E-state index in [9.17, 15) is 4.79 Å². The van der Waals surface area contributed by atoms with Gasteiger partial charge in [-0.3, -0.25) is 0 Å². The Balaban J connectivity index is 2.13. The Hall–Kier alpha value is -1.81. The number of nitrogens with zero attached hydrogens (tertiary/aromatic N) is 1. The lowest BCUT2D eigenvalue weighted by Gasteiger charge is -2.30. The third-order valence-electron chi connectivity index (χ3n) is 2.97. The zero-order valence-corrected chi connectivity index (χ0v) is 11.2. The molecule has 1 fully saturated rings. The third-order valence-corrected chi connectivity index (χ3v) is 2.97. The van der Waals surface area contributed by atoms with Gasteiger partial charge in [0, 0.05) is 24.9 Å². The average molecular weight is 261 g/mol. The zero-order chi connectivity index (χ0) is 13.5. The maximum atomic E-state index is 11.4. The van der Waals surface area contributed by atoms with Crippen molar-refractivity contribution >= 4 is 17.7 Å². The smallest absolute Gasteiger partial charge is 0.330 e. The van der Waals surface area contributed by atoms with E-state index in [0.29, 0.717) is 6.61 Å². The Bertz CT molecular complexity index is 450. The van der Waals surface area contributed by atoms with E-state index < -0.39 is 0 Å². The van der Waals surface area contributed by atoms with Gasteiger partial charge in [-0.1, -0.05) is 18.2 Å². The van der Waals surface area contributed by atoms with Gasteiger partial charge < -0.3 is 14.4 Å². The Kier molecular flexibility index (Phi) is 4.98. The fourth-order valence-electron chi connectivity index (χ4n) is 2.07. The first-order chi connectivity index (χ1) is 9.31. The number of ether oxygens (including phenoxy) is 2. The van der Waals surface area contributed by atoms with Gasteiger partial charge in [0.2, 0.25) is 0 Å². The number of esters is 1. The van der Waals surface area contributed by atoms with E-state index in [1.165, 1.54) is 6.08 Å². The lowest BCUT2D eigenvalue weighted by Crippen LogP contribution is -2.36. The lowest BCUT2D eigenvalue weighted by atomic mass is 10.1. The van der Waals surface area contributed by atoms with Crippen LogP contribution in [0.25, 0.3) is 6.08 Å². The number of carbonyl (C=O) groups excluding carboxylic acids is 1. The molecule has 0 amide bonds. The summed E-state index contributed by atoms with van der Waals surface area (Å²) in [7, 11) is 0. The number of anilines is 1. The van der Waals surface area contributed by atoms with Crippen molar-refractivity contribution < 1.29 is 14.3 Å². The summed E-state index contributed by atoms with van der Waals surface area (Å²) in [6, 6.07) is 8.04. The van der Waals surface area contributed by atoms with Crippen LogP contribution >= 0.6 is 0 Å². The van der Waals surface area contributed by atoms with Crippen molar-refractivity contribution in [3.05, 3.63) is 35.9 Å². The Morgan fingerprint density at radius 1 is 1.37 bits per heavy atom. The number of benzene rings is 1. The van der Waals surface area contributed by atoms with E-state index in [-0.39, 0.29) is 5.97 Å². The molecule has 1 aromatic rings. The van der Waals surface area contributed by atoms with E-state index in [0.717, 1.165) is 37.6 Å². The summed E-state index contributed by atoms with van der Waals surface area (Å²) in [6.07, 6.45) is 3.28. The minimum absolute atomic E-state index is 0.306. The van der Waals surface area contributed by atoms with Gasteiger partial charge in [-0.15, -0.1) is 0 Å². The summed E-state index contributed by atoms with van der Waals surface area (Å²) >= 11 is 0. The summed E-state index contributed by atoms with van der Waals surface area (Å²) in [6.45, 7) is 5.45. The van der Waals surface area contributed by atoms with Gasteiger partial charge >= 0.3 is 5.97 Å².